The van der Waals surface area contributed by atoms with Crippen molar-refractivity contribution in [1.29, 1.82) is 0 Å². The van der Waals surface area contributed by atoms with Crippen molar-refractivity contribution in [3.8, 4) is 0 Å². The molecular weight excluding hydrogens is 1020 g/mol. The molecule has 0 radical (unpaired) electrons. The van der Waals surface area contributed by atoms with Crippen LogP contribution in [0.4, 0.5) is 22.7 Å². The molecule has 8 amide bonds. The molecule has 15 N–H and O–H groups in total. The van der Waals surface area contributed by atoms with Gasteiger partial charge in [-0.15, -0.1) is 0 Å². The van der Waals surface area contributed by atoms with Crippen LogP contribution in [0.5, 0.6) is 0 Å². The molecule has 1 heterocycles. The first-order valence-corrected chi connectivity index (χ1v) is 24.9. The van der Waals surface area contributed by atoms with E-state index in [-0.39, 0.29) is 74.6 Å². The number of nitro benzene ring substituents is 2. The minimum atomic E-state index is -1.69. The minimum Gasteiger partial charge on any atom is -0.398 e. The number of ketones is 1. The van der Waals surface area contributed by atoms with Crippen molar-refractivity contribution in [3.05, 3.63) is 104 Å². The molecule has 3 aromatic carbocycles. The number of nitrogens with one attached hydrogen (secondary N) is 7. The Morgan fingerprint density at radius 1 is 0.756 bits per heavy atom. The largest absolute Gasteiger partial charge is 0.398 e. The molecule has 78 heavy (non-hydrogen) atoms. The molecular formula is C50H67N13O15. The van der Waals surface area contributed by atoms with Crippen LogP contribution in [0, 0.1) is 26.1 Å². The summed E-state index contributed by atoms with van der Waals surface area (Å²) in [4.78, 5) is 143. The third kappa shape index (κ3) is 18.3. The second kappa shape index (κ2) is 29.6. The number of primary amides is 1. The highest BCUT2D eigenvalue weighted by atomic mass is 16.6. The molecule has 0 unspecified atom stereocenters. The van der Waals surface area contributed by atoms with E-state index >= 15 is 0 Å². The third-order valence-electron chi connectivity index (χ3n) is 12.5. The Kier molecular flexibility index (Phi) is 23.5. The number of hydrogen-bond donors (Lipinski definition) is 12. The number of nitrogens with zero attached hydrogens (tertiary/aromatic N) is 3. The van der Waals surface area contributed by atoms with Crippen LogP contribution >= 0.6 is 0 Å². The molecule has 4 rings (SSSR count). The number of carbonyl (C=O) groups is 9. The lowest BCUT2D eigenvalue weighted by atomic mass is 9.99. The highest BCUT2D eigenvalue weighted by Gasteiger charge is 2.40. The normalized spacial score (nSPS) is 15.7. The zero-order chi connectivity index (χ0) is 57.8. The monoisotopic (exact) mass is 1090 g/mol. The fraction of sp³-hybridized carbons (Fsp3) is 0.460. The van der Waals surface area contributed by atoms with Gasteiger partial charge in [-0.3, -0.25) is 63.4 Å². The molecule has 28 heteroatoms. The molecule has 0 aliphatic carbocycles. The number of likely N-dealkylation sites (tertiary alicyclic amines) is 1. The summed E-state index contributed by atoms with van der Waals surface area (Å²) in [5.41, 5.74) is 17.1. The van der Waals surface area contributed by atoms with E-state index in [2.05, 4.69) is 37.2 Å². The first-order valence-electron chi connectivity index (χ1n) is 24.9. The van der Waals surface area contributed by atoms with E-state index in [1.165, 1.54) is 19.1 Å². The molecule has 0 aromatic heterocycles. The summed E-state index contributed by atoms with van der Waals surface area (Å²) in [7, 11) is 0. The maximum atomic E-state index is 14.0. The van der Waals surface area contributed by atoms with Crippen LogP contribution in [0.1, 0.15) is 75.2 Å². The number of para-hydroxylation sites is 1. The van der Waals surface area contributed by atoms with Gasteiger partial charge in [-0.1, -0.05) is 56.3 Å². The number of carbonyl (C=O) groups excluding carboxylic acids is 9. The maximum absolute atomic E-state index is 14.0. The number of hydrogen-bond acceptors (Lipinski definition) is 18. The molecule has 422 valence electrons. The van der Waals surface area contributed by atoms with Gasteiger partial charge in [-0.05, 0) is 62.3 Å². The predicted molar refractivity (Wildman–Crippen MR) is 280 cm³/mol. The van der Waals surface area contributed by atoms with Crippen LogP contribution in [0.3, 0.4) is 0 Å². The average Bonchev–Trinajstić information content (AvgIpc) is 3.91. The van der Waals surface area contributed by atoms with Crippen LogP contribution in [0.2, 0.25) is 0 Å². The standard InChI is InChI=1S/C50H67N13O15/c1-27(2)22-35(46(70)57-34(17-18-42(52)67)45(69)55-20-19-54-33-16-15-30(62(75)76)24-39(33)63(77)78)58-44(68)28(3)56-48(72)37(26-64)60-47(71)36(23-29-10-5-4-6-11-29)59-49(73)38-14-9-21-61(38)50(74)43(53)41(66)25-40(65)31-12-7-8-13-32(31)51/h4-8,10-13,15-16,24,27-28,34-38,41,43,54,64,66H,9,14,17-23,25-26,51,53H2,1-3H3,(H2,52,67)(H,55,69)(H,56,72)(H,57,70)(H,58,68)(H,59,73)(H,60,71)/t28-,34-,35-,36-,37-,38-,41+,43-/m0/s1. The number of aliphatic hydroxyl groups excluding tert-OH is 2. The van der Waals surface area contributed by atoms with Crippen LogP contribution in [-0.2, 0) is 44.8 Å². The SMILES string of the molecule is CC(C)C[C@H](NC(=O)[C@H](C)NC(=O)[C@H](CO)NC(=O)[C@H](Cc1ccccc1)NC(=O)[C@@H]1CCCN1C(=O)[C@@H](N)[C@H](O)CC(=O)c1ccccc1N)C(=O)N[C@@H](CCC(N)=O)C(=O)NCCNc1ccc([N+](=O)[O-])cc1[N+](=O)[O-]. The number of nitrogens with two attached hydrogens (primary N) is 3. The smallest absolute Gasteiger partial charge is 0.299 e. The zero-order valence-electron chi connectivity index (χ0n) is 43.2. The summed E-state index contributed by atoms with van der Waals surface area (Å²) in [6.07, 6.45) is -2.41. The van der Waals surface area contributed by atoms with E-state index in [1.54, 1.807) is 56.3 Å². The summed E-state index contributed by atoms with van der Waals surface area (Å²) in [5.74, 6) is -7.72. The van der Waals surface area contributed by atoms with Crippen molar-refractivity contribution in [3.63, 3.8) is 0 Å². The Morgan fingerprint density at radius 3 is 2.01 bits per heavy atom. The van der Waals surface area contributed by atoms with Crippen molar-refractivity contribution >= 4 is 75.8 Å². The Morgan fingerprint density at radius 2 is 1.38 bits per heavy atom. The van der Waals surface area contributed by atoms with Crippen LogP contribution in [0.25, 0.3) is 0 Å². The number of benzene rings is 3. The molecule has 8 atom stereocenters. The van der Waals surface area contributed by atoms with Gasteiger partial charge in [0.2, 0.25) is 47.3 Å². The quantitative estimate of drug-likeness (QED) is 0.0120. The lowest BCUT2D eigenvalue weighted by Gasteiger charge is -2.30. The topological polar surface area (TPSA) is 446 Å². The second-order valence-electron chi connectivity index (χ2n) is 18.9. The Hall–Kier alpha value is -8.63. The molecule has 1 fully saturated rings. The Labute approximate surface area is 447 Å². The van der Waals surface area contributed by atoms with E-state index in [9.17, 15) is 73.6 Å². The number of non-ortho nitro benzene ring substituents is 1. The summed E-state index contributed by atoms with van der Waals surface area (Å²) >= 11 is 0. The lowest BCUT2D eigenvalue weighted by Crippen LogP contribution is -2.60. The van der Waals surface area contributed by atoms with Crippen molar-refractivity contribution in [2.75, 3.05) is 37.3 Å². The highest BCUT2D eigenvalue weighted by molar-refractivity contribution is 6.02. The lowest BCUT2D eigenvalue weighted by molar-refractivity contribution is -0.393. The zero-order valence-corrected chi connectivity index (χ0v) is 43.2. The number of nitrogen functional groups attached to an aromatic ring is 1. The van der Waals surface area contributed by atoms with Gasteiger partial charge in [0.25, 0.3) is 11.4 Å². The molecule has 28 nitrogen and oxygen atoms in total. The fourth-order valence-corrected chi connectivity index (χ4v) is 8.28. The average molecular weight is 1090 g/mol. The number of anilines is 2. The minimum absolute atomic E-state index is 0.0113. The fourth-order valence-electron chi connectivity index (χ4n) is 8.28. The summed E-state index contributed by atoms with van der Waals surface area (Å²) in [6, 6.07) is 7.60. The Balaban J connectivity index is 1.39. The number of Topliss-reactive ketones (excluding diaryl/α,β-unsaturated/α-hetero) is 1. The molecule has 0 spiro atoms. The molecule has 1 saturated heterocycles. The van der Waals surface area contributed by atoms with Gasteiger partial charge >= 0.3 is 0 Å². The van der Waals surface area contributed by atoms with Crippen LogP contribution < -0.4 is 54.4 Å². The van der Waals surface area contributed by atoms with Crippen molar-refractivity contribution in [2.24, 2.45) is 17.4 Å². The van der Waals surface area contributed by atoms with E-state index in [1.807, 2.05) is 0 Å². The first kappa shape index (κ1) is 61.9. The van der Waals surface area contributed by atoms with Gasteiger partial charge in [-0.2, -0.15) is 0 Å². The van der Waals surface area contributed by atoms with E-state index in [0.717, 1.165) is 23.1 Å². The second-order valence-corrected chi connectivity index (χ2v) is 18.9. The molecule has 1 aliphatic rings. The van der Waals surface area contributed by atoms with Gasteiger partial charge in [0.05, 0.1) is 28.6 Å². The summed E-state index contributed by atoms with van der Waals surface area (Å²) in [6.45, 7) is 3.51. The number of rotatable bonds is 30. The molecule has 0 saturated carbocycles. The van der Waals surface area contributed by atoms with Gasteiger partial charge in [0, 0.05) is 56.2 Å². The van der Waals surface area contributed by atoms with Gasteiger partial charge in [-0.25, -0.2) is 0 Å². The first-order chi connectivity index (χ1) is 36.9. The van der Waals surface area contributed by atoms with Crippen molar-refractivity contribution in [2.45, 2.75) is 114 Å². The summed E-state index contributed by atoms with van der Waals surface area (Å²) in [5, 5.41) is 61.4. The number of nitro groups is 2. The molecule has 0 bridgehead atoms. The third-order valence-corrected chi connectivity index (χ3v) is 12.5. The van der Waals surface area contributed by atoms with E-state index < -0.39 is 136 Å². The van der Waals surface area contributed by atoms with Crippen LogP contribution in [0.15, 0.2) is 72.8 Å². The predicted octanol–water partition coefficient (Wildman–Crippen LogP) is -1.44. The van der Waals surface area contributed by atoms with Crippen molar-refractivity contribution in [1.82, 2.24) is 36.8 Å². The van der Waals surface area contributed by atoms with Gasteiger partial charge in [0.15, 0.2) is 5.78 Å². The number of amides is 8. The summed E-state index contributed by atoms with van der Waals surface area (Å²) < 4.78 is 0. The maximum Gasteiger partial charge on any atom is 0.299 e. The number of aliphatic hydroxyl groups is 2. The Bertz CT molecular complexity index is 2680. The van der Waals surface area contributed by atoms with E-state index in [0.29, 0.717) is 12.0 Å². The van der Waals surface area contributed by atoms with Gasteiger partial charge < -0.3 is 69.5 Å². The molecule has 1 aliphatic heterocycles. The van der Waals surface area contributed by atoms with Gasteiger partial charge in [0.1, 0.15) is 48.0 Å². The van der Waals surface area contributed by atoms with Crippen LogP contribution in [-0.4, -0.2) is 153 Å². The molecule has 3 aromatic rings. The van der Waals surface area contributed by atoms with E-state index in [4.69, 9.17) is 17.2 Å². The highest BCUT2D eigenvalue weighted by Crippen LogP contribution is 2.29. The van der Waals surface area contributed by atoms with Crippen molar-refractivity contribution < 1.29 is 63.2 Å².